The summed E-state index contributed by atoms with van der Waals surface area (Å²) in [5.74, 6) is 0.156. The quantitative estimate of drug-likeness (QED) is 0.485. The molecule has 0 heterocycles. The van der Waals surface area contributed by atoms with Gasteiger partial charge in [-0.25, -0.2) is 0 Å². The molecule has 0 aliphatic heterocycles. The molecule has 0 aromatic carbocycles. The third-order valence-electron chi connectivity index (χ3n) is 5.80. The fourth-order valence-corrected chi connectivity index (χ4v) is 4.50. The van der Waals surface area contributed by atoms with E-state index < -0.39 is 24.3 Å². The number of fused-ring (bicyclic) bond motifs is 2. The van der Waals surface area contributed by atoms with Crippen LogP contribution < -0.4 is 5.73 Å². The van der Waals surface area contributed by atoms with E-state index in [9.17, 15) is 10.1 Å². The smallest absolute Gasteiger partial charge is 0.426 e. The molecule has 0 amide bonds. The van der Waals surface area contributed by atoms with Crippen LogP contribution in [0.15, 0.2) is 0 Å². The van der Waals surface area contributed by atoms with Crippen LogP contribution in [0.1, 0.15) is 52.9 Å². The number of hydrogen-bond acceptors (Lipinski definition) is 4. The molecule has 4 N–H and O–H groups in total. The fourth-order valence-electron chi connectivity index (χ4n) is 4.17. The molecule has 4 nitrogen and oxygen atoms in total. The van der Waals surface area contributed by atoms with Crippen LogP contribution in [-0.4, -0.2) is 39.7 Å². The zero-order chi connectivity index (χ0) is 15.2. The number of halogens is 2. The van der Waals surface area contributed by atoms with Crippen LogP contribution in [0.2, 0.25) is 0 Å². The van der Waals surface area contributed by atoms with E-state index in [0.29, 0.717) is 12.3 Å². The lowest BCUT2D eigenvalue weighted by Gasteiger charge is -2.71. The van der Waals surface area contributed by atoms with Gasteiger partial charge in [-0.3, -0.25) is 0 Å². The molecule has 124 valence electrons. The van der Waals surface area contributed by atoms with Crippen LogP contribution in [0.3, 0.4) is 0 Å². The van der Waals surface area contributed by atoms with E-state index in [1.54, 1.807) is 0 Å². The van der Waals surface area contributed by atoms with Gasteiger partial charge in [0.1, 0.15) is 0 Å². The van der Waals surface area contributed by atoms with Crippen LogP contribution in [0.5, 0.6) is 0 Å². The monoisotopic (exact) mass is 383 g/mol. The molecular formula is C14H28BBrClNO3. The minimum absolute atomic E-state index is 0. The van der Waals surface area contributed by atoms with Gasteiger partial charge in [0.2, 0.25) is 0 Å². The molecule has 2 bridgehead atoms. The summed E-state index contributed by atoms with van der Waals surface area (Å²) in [6.07, 6.45) is 4.17. The summed E-state index contributed by atoms with van der Waals surface area (Å²) in [5, 5.41) is 21.9. The molecule has 0 radical (unpaired) electrons. The fraction of sp³-hybridized carbons (Fsp3) is 1.00. The number of alkyl halides is 1. The Bertz CT molecular complexity index is 362. The Morgan fingerprint density at radius 3 is 2.52 bits per heavy atom. The zero-order valence-electron chi connectivity index (χ0n) is 13.1. The Balaban J connectivity index is 0.00000220. The van der Waals surface area contributed by atoms with Crippen molar-refractivity contribution in [3.8, 4) is 0 Å². The predicted molar refractivity (Wildman–Crippen MR) is 91.8 cm³/mol. The number of nitrogens with two attached hydrogens (primary N) is 1. The van der Waals surface area contributed by atoms with Gasteiger partial charge >= 0.3 is 7.12 Å². The molecule has 7 heteroatoms. The molecule has 3 aliphatic carbocycles. The SMILES string of the molecule is CC1(O)CCC2CC1(OB(O)C(N)CCCBr)C2(C)C.Cl. The standard InChI is InChI=1S/C14H27BBrNO3.ClH/c1-12(2)10-6-7-13(3,18)14(12,9-10)20-15(19)11(17)5-4-8-16;/h10-11,18-19H,4-9,17H2,1-3H3;1H. The topological polar surface area (TPSA) is 75.7 Å². The Labute approximate surface area is 142 Å². The number of aliphatic hydroxyl groups is 1. The molecular weight excluding hydrogens is 356 g/mol. The highest BCUT2D eigenvalue weighted by Gasteiger charge is 2.71. The molecule has 3 rings (SSSR count). The van der Waals surface area contributed by atoms with Crippen LogP contribution in [0.4, 0.5) is 0 Å². The number of rotatable bonds is 6. The molecule has 3 fully saturated rings. The molecule has 0 spiro atoms. The Morgan fingerprint density at radius 2 is 2.05 bits per heavy atom. The van der Waals surface area contributed by atoms with Gasteiger partial charge in [-0.05, 0) is 50.4 Å². The second-order valence-corrected chi connectivity index (χ2v) is 8.06. The van der Waals surface area contributed by atoms with E-state index in [-0.39, 0.29) is 17.8 Å². The Kier molecular flexibility index (Phi) is 6.25. The molecule has 0 saturated heterocycles. The first-order chi connectivity index (χ1) is 9.18. The summed E-state index contributed by atoms with van der Waals surface area (Å²) in [7, 11) is -1.01. The maximum atomic E-state index is 10.8. The van der Waals surface area contributed by atoms with Crippen LogP contribution in [-0.2, 0) is 4.65 Å². The van der Waals surface area contributed by atoms with Crippen molar-refractivity contribution < 1.29 is 14.8 Å². The maximum absolute atomic E-state index is 10.8. The van der Waals surface area contributed by atoms with Crippen molar-refractivity contribution in [2.45, 2.75) is 70.0 Å². The van der Waals surface area contributed by atoms with E-state index in [0.717, 1.165) is 31.0 Å². The molecule has 3 saturated carbocycles. The van der Waals surface area contributed by atoms with Gasteiger partial charge in [-0.15, -0.1) is 12.4 Å². The minimum Gasteiger partial charge on any atom is -0.426 e. The molecule has 4 unspecified atom stereocenters. The second-order valence-electron chi connectivity index (χ2n) is 7.27. The summed E-state index contributed by atoms with van der Waals surface area (Å²) in [4.78, 5) is 0. The summed E-state index contributed by atoms with van der Waals surface area (Å²) in [5.41, 5.74) is 4.30. The lowest BCUT2D eigenvalue weighted by molar-refractivity contribution is -0.305. The van der Waals surface area contributed by atoms with Crippen LogP contribution >= 0.6 is 28.3 Å². The highest BCUT2D eigenvalue weighted by atomic mass is 79.9. The van der Waals surface area contributed by atoms with Crippen LogP contribution in [0, 0.1) is 11.3 Å². The largest absolute Gasteiger partial charge is 0.472 e. The van der Waals surface area contributed by atoms with Crippen molar-refractivity contribution in [2.24, 2.45) is 17.1 Å². The minimum atomic E-state index is -1.01. The molecule has 0 aromatic heterocycles. The highest BCUT2D eigenvalue weighted by Crippen LogP contribution is 2.67. The zero-order valence-corrected chi connectivity index (χ0v) is 15.5. The van der Waals surface area contributed by atoms with E-state index >= 15 is 0 Å². The van der Waals surface area contributed by atoms with Gasteiger partial charge in [0.05, 0.1) is 11.2 Å². The highest BCUT2D eigenvalue weighted by molar-refractivity contribution is 9.09. The lowest BCUT2D eigenvalue weighted by Crippen LogP contribution is -2.77. The first-order valence-corrected chi connectivity index (χ1v) is 8.70. The van der Waals surface area contributed by atoms with E-state index in [1.807, 2.05) is 6.92 Å². The van der Waals surface area contributed by atoms with Gasteiger partial charge in [0.15, 0.2) is 0 Å². The Hall–Kier alpha value is 0.675. The van der Waals surface area contributed by atoms with Crippen molar-refractivity contribution in [2.75, 3.05) is 5.33 Å². The summed E-state index contributed by atoms with van der Waals surface area (Å²) >= 11 is 3.36. The van der Waals surface area contributed by atoms with Crippen LogP contribution in [0.25, 0.3) is 0 Å². The summed E-state index contributed by atoms with van der Waals surface area (Å²) in [6, 6.07) is 0. The van der Waals surface area contributed by atoms with Gasteiger partial charge in [-0.2, -0.15) is 0 Å². The average molecular weight is 385 g/mol. The van der Waals surface area contributed by atoms with Gasteiger partial charge in [0.25, 0.3) is 0 Å². The molecule has 21 heavy (non-hydrogen) atoms. The Morgan fingerprint density at radius 1 is 1.43 bits per heavy atom. The number of hydrogen-bond donors (Lipinski definition) is 3. The molecule has 4 atom stereocenters. The van der Waals surface area contributed by atoms with E-state index in [4.69, 9.17) is 10.4 Å². The van der Waals surface area contributed by atoms with Crippen molar-refractivity contribution in [3.05, 3.63) is 0 Å². The maximum Gasteiger partial charge on any atom is 0.472 e. The predicted octanol–water partition coefficient (Wildman–Crippen LogP) is 2.28. The van der Waals surface area contributed by atoms with Gasteiger partial charge in [-0.1, -0.05) is 29.8 Å². The first-order valence-electron chi connectivity index (χ1n) is 7.58. The van der Waals surface area contributed by atoms with Crippen molar-refractivity contribution >= 4 is 35.5 Å². The van der Waals surface area contributed by atoms with Gasteiger partial charge in [0, 0.05) is 11.3 Å². The third kappa shape index (κ3) is 3.04. The third-order valence-corrected chi connectivity index (χ3v) is 6.36. The first kappa shape index (κ1) is 19.7. The van der Waals surface area contributed by atoms with E-state index in [1.165, 1.54) is 0 Å². The lowest BCUT2D eigenvalue weighted by atomic mass is 9.40. The van der Waals surface area contributed by atoms with Crippen molar-refractivity contribution in [1.82, 2.24) is 0 Å². The molecule has 0 aromatic rings. The second kappa shape index (κ2) is 6.66. The van der Waals surface area contributed by atoms with Crippen molar-refractivity contribution in [3.63, 3.8) is 0 Å². The van der Waals surface area contributed by atoms with Gasteiger partial charge < -0.3 is 20.5 Å². The van der Waals surface area contributed by atoms with E-state index in [2.05, 4.69) is 29.8 Å². The summed E-state index contributed by atoms with van der Waals surface area (Å²) in [6.45, 7) is 6.10. The molecule has 3 aliphatic rings. The average Bonchev–Trinajstić information content (AvgIpc) is 2.37. The van der Waals surface area contributed by atoms with Crippen molar-refractivity contribution in [1.29, 1.82) is 0 Å². The normalized spacial score (nSPS) is 38.1. The summed E-state index contributed by atoms with van der Waals surface area (Å²) < 4.78 is 6.00.